The molecule has 0 radical (unpaired) electrons. The van der Waals surface area contributed by atoms with Crippen molar-refractivity contribution in [2.24, 2.45) is 0 Å². The van der Waals surface area contributed by atoms with E-state index in [9.17, 15) is 18.0 Å². The fraction of sp³-hybridized carbons (Fsp3) is 0.429. The molecule has 0 saturated heterocycles. The zero-order chi connectivity index (χ0) is 27.2. The van der Waals surface area contributed by atoms with Gasteiger partial charge in [-0.2, -0.15) is 0 Å². The number of amides is 2. The molecule has 9 nitrogen and oxygen atoms in total. The van der Waals surface area contributed by atoms with Crippen LogP contribution in [0.4, 0.5) is 5.69 Å². The number of carbonyl (C=O) groups excluding carboxylic acids is 2. The van der Waals surface area contributed by atoms with Gasteiger partial charge in [0, 0.05) is 35.0 Å². The summed E-state index contributed by atoms with van der Waals surface area (Å²) in [4.78, 5) is 38.2. The van der Waals surface area contributed by atoms with E-state index in [0.29, 0.717) is 10.6 Å². The Hall–Kier alpha value is -3.15. The van der Waals surface area contributed by atoms with Gasteiger partial charge in [-0.3, -0.25) is 19.5 Å². The van der Waals surface area contributed by atoms with Gasteiger partial charge in [-0.1, -0.05) is 38.2 Å². The summed E-state index contributed by atoms with van der Waals surface area (Å²) in [7, 11) is -3.71. The molecule has 2 amide bonds. The van der Waals surface area contributed by atoms with E-state index in [1.807, 2.05) is 17.5 Å². The minimum atomic E-state index is -3.71. The lowest BCUT2D eigenvalue weighted by atomic mass is 9.95. The Morgan fingerprint density at radius 3 is 2.26 bits per heavy atom. The molecule has 2 N–H and O–H groups in total. The van der Waals surface area contributed by atoms with Crippen LogP contribution in [0.3, 0.4) is 0 Å². The number of carbonyl (C=O) groups is 2. The minimum absolute atomic E-state index is 0.0522. The number of thiophene rings is 1. The molecule has 1 atom stereocenters. The molecule has 0 bridgehead atoms. The molecule has 2 aliphatic carbocycles. The molecule has 0 unspecified atom stereocenters. The van der Waals surface area contributed by atoms with E-state index in [4.69, 9.17) is 0 Å². The second kappa shape index (κ2) is 12.4. The van der Waals surface area contributed by atoms with Gasteiger partial charge in [-0.25, -0.2) is 18.1 Å². The van der Waals surface area contributed by atoms with Crippen LogP contribution in [0.15, 0.2) is 65.3 Å². The van der Waals surface area contributed by atoms with Crippen molar-refractivity contribution in [2.75, 3.05) is 4.90 Å². The molecule has 2 fully saturated rings. The standard InChI is InChI=1S/C28H33N5O4S2/c34-27(31-20-7-2-1-3-8-20)26(25-11-6-18-38-25)33(28(35)24-19-29-16-17-30-24)22-12-14-23(15-13-22)39(36,37)32-21-9-4-5-10-21/h6,11-21,26,32H,1-5,7-10H2,(H,31,34)/t26-/m0/s1. The number of hydrogen-bond acceptors (Lipinski definition) is 7. The van der Waals surface area contributed by atoms with Gasteiger partial charge in [0.25, 0.3) is 5.91 Å². The van der Waals surface area contributed by atoms with E-state index in [0.717, 1.165) is 57.8 Å². The van der Waals surface area contributed by atoms with Crippen molar-refractivity contribution in [1.82, 2.24) is 20.0 Å². The molecule has 0 aliphatic heterocycles. The number of nitrogens with zero attached hydrogens (tertiary/aromatic N) is 3. The highest BCUT2D eigenvalue weighted by molar-refractivity contribution is 7.89. The SMILES string of the molecule is O=C(NC1CCCCC1)[C@H](c1cccs1)N(C(=O)c1cnccn1)c1ccc(S(=O)(=O)NC2CCCC2)cc1. The van der Waals surface area contributed by atoms with Gasteiger partial charge in [0.05, 0.1) is 11.1 Å². The van der Waals surface area contributed by atoms with Gasteiger partial charge < -0.3 is 5.32 Å². The Balaban J connectivity index is 1.50. The van der Waals surface area contributed by atoms with E-state index in [2.05, 4.69) is 20.0 Å². The molecule has 11 heteroatoms. The number of anilines is 1. The van der Waals surface area contributed by atoms with E-state index in [1.165, 1.54) is 47.0 Å². The number of rotatable bonds is 9. The fourth-order valence-electron chi connectivity index (χ4n) is 5.38. The molecule has 1 aromatic carbocycles. The highest BCUT2D eigenvalue weighted by Crippen LogP contribution is 2.33. The Kier molecular flexibility index (Phi) is 8.69. The molecule has 206 valence electrons. The van der Waals surface area contributed by atoms with Gasteiger partial charge in [0.1, 0.15) is 5.69 Å². The Bertz CT molecular complexity index is 1350. The molecular formula is C28H33N5O4S2. The van der Waals surface area contributed by atoms with E-state index in [-0.39, 0.29) is 28.6 Å². The minimum Gasteiger partial charge on any atom is -0.351 e. The first kappa shape index (κ1) is 27.4. The lowest BCUT2D eigenvalue weighted by Crippen LogP contribution is -2.47. The maximum absolute atomic E-state index is 13.9. The molecule has 0 spiro atoms. The molecule has 39 heavy (non-hydrogen) atoms. The van der Waals surface area contributed by atoms with Crippen molar-refractivity contribution in [2.45, 2.75) is 80.8 Å². The zero-order valence-corrected chi connectivity index (χ0v) is 23.3. The summed E-state index contributed by atoms with van der Waals surface area (Å²) in [5, 5.41) is 5.04. The van der Waals surface area contributed by atoms with Crippen molar-refractivity contribution in [3.8, 4) is 0 Å². The quantitative estimate of drug-likeness (QED) is 0.390. The molecular weight excluding hydrogens is 534 g/mol. The van der Waals surface area contributed by atoms with Crippen LogP contribution in [0.5, 0.6) is 0 Å². The molecule has 2 saturated carbocycles. The van der Waals surface area contributed by atoms with Crippen LogP contribution < -0.4 is 14.9 Å². The summed E-state index contributed by atoms with van der Waals surface area (Å²) >= 11 is 1.39. The van der Waals surface area contributed by atoms with Gasteiger partial charge >= 0.3 is 0 Å². The fourth-order valence-corrected chi connectivity index (χ4v) is 7.50. The number of aromatic nitrogens is 2. The van der Waals surface area contributed by atoms with E-state index >= 15 is 0 Å². The Morgan fingerprint density at radius 1 is 0.923 bits per heavy atom. The van der Waals surface area contributed by atoms with Crippen molar-refractivity contribution < 1.29 is 18.0 Å². The first-order valence-corrected chi connectivity index (χ1v) is 15.8. The molecule has 3 aromatic rings. The predicted molar refractivity (Wildman–Crippen MR) is 150 cm³/mol. The third-order valence-electron chi connectivity index (χ3n) is 7.37. The van der Waals surface area contributed by atoms with Crippen molar-refractivity contribution in [1.29, 1.82) is 0 Å². The van der Waals surface area contributed by atoms with Crippen LogP contribution in [0, 0.1) is 0 Å². The van der Waals surface area contributed by atoms with Crippen molar-refractivity contribution >= 4 is 38.9 Å². The average molecular weight is 568 g/mol. The van der Waals surface area contributed by atoms with Crippen LogP contribution in [0.1, 0.15) is 79.2 Å². The summed E-state index contributed by atoms with van der Waals surface area (Å²) in [6.07, 6.45) is 13.0. The highest BCUT2D eigenvalue weighted by Gasteiger charge is 2.36. The first-order chi connectivity index (χ1) is 18.9. The summed E-state index contributed by atoms with van der Waals surface area (Å²) in [5.41, 5.74) is 0.479. The lowest BCUT2D eigenvalue weighted by molar-refractivity contribution is -0.123. The molecule has 2 aliphatic rings. The monoisotopic (exact) mass is 567 g/mol. The van der Waals surface area contributed by atoms with Crippen LogP contribution in [0.25, 0.3) is 0 Å². The average Bonchev–Trinajstić information content (AvgIpc) is 3.67. The second-order valence-corrected chi connectivity index (χ2v) is 12.8. The van der Waals surface area contributed by atoms with Crippen LogP contribution in [-0.4, -0.2) is 42.3 Å². The number of sulfonamides is 1. The Morgan fingerprint density at radius 2 is 1.62 bits per heavy atom. The van der Waals surface area contributed by atoms with Gasteiger partial charge in [-0.15, -0.1) is 11.3 Å². The topological polar surface area (TPSA) is 121 Å². The van der Waals surface area contributed by atoms with Gasteiger partial charge in [0.2, 0.25) is 15.9 Å². The molecule has 5 rings (SSSR count). The third-order valence-corrected chi connectivity index (χ3v) is 9.84. The van der Waals surface area contributed by atoms with Crippen molar-refractivity contribution in [3.63, 3.8) is 0 Å². The van der Waals surface area contributed by atoms with E-state index < -0.39 is 22.0 Å². The number of nitrogens with one attached hydrogen (secondary N) is 2. The molecule has 2 aromatic heterocycles. The predicted octanol–water partition coefficient (Wildman–Crippen LogP) is 4.60. The van der Waals surface area contributed by atoms with Crippen molar-refractivity contribution in [3.05, 3.63) is 70.9 Å². The zero-order valence-electron chi connectivity index (χ0n) is 21.7. The number of hydrogen-bond donors (Lipinski definition) is 2. The highest BCUT2D eigenvalue weighted by atomic mass is 32.2. The van der Waals surface area contributed by atoms with Crippen LogP contribution >= 0.6 is 11.3 Å². The van der Waals surface area contributed by atoms with E-state index in [1.54, 1.807) is 12.1 Å². The largest absolute Gasteiger partial charge is 0.351 e. The normalized spacial score (nSPS) is 17.5. The smallest absolute Gasteiger partial charge is 0.279 e. The maximum atomic E-state index is 13.9. The summed E-state index contributed by atoms with van der Waals surface area (Å²) in [6.45, 7) is 0. The van der Waals surface area contributed by atoms with Gasteiger partial charge in [-0.05, 0) is 61.4 Å². The second-order valence-electron chi connectivity index (χ2n) is 10.1. The summed E-state index contributed by atoms with van der Waals surface area (Å²) < 4.78 is 28.8. The first-order valence-electron chi connectivity index (χ1n) is 13.5. The lowest BCUT2D eigenvalue weighted by Gasteiger charge is -2.32. The summed E-state index contributed by atoms with van der Waals surface area (Å²) in [6, 6.07) is 8.82. The molecule has 2 heterocycles. The van der Waals surface area contributed by atoms with Crippen LogP contribution in [-0.2, 0) is 14.8 Å². The summed E-state index contributed by atoms with van der Waals surface area (Å²) in [5.74, 6) is -0.777. The van der Waals surface area contributed by atoms with Crippen LogP contribution in [0.2, 0.25) is 0 Å². The third kappa shape index (κ3) is 6.54. The Labute approximate surface area is 233 Å². The van der Waals surface area contributed by atoms with Gasteiger partial charge in [0.15, 0.2) is 6.04 Å². The maximum Gasteiger partial charge on any atom is 0.279 e. The number of benzene rings is 1.